The summed E-state index contributed by atoms with van der Waals surface area (Å²) in [5.74, 6) is -0.945. The summed E-state index contributed by atoms with van der Waals surface area (Å²) in [6.45, 7) is 6.93. The molecular formula is C27H35BBr2ClN3O5. The molecule has 12 heteroatoms. The predicted octanol–water partition coefficient (Wildman–Crippen LogP) is 4.11. The molecule has 1 fully saturated rings. The highest BCUT2D eigenvalue weighted by atomic mass is 79.9. The highest BCUT2D eigenvalue weighted by molar-refractivity contribution is 9.11. The number of hydrogen-bond acceptors (Lipinski definition) is 6. The summed E-state index contributed by atoms with van der Waals surface area (Å²) in [6, 6.07) is 12.0. The van der Waals surface area contributed by atoms with Gasteiger partial charge >= 0.3 is 7.12 Å². The van der Waals surface area contributed by atoms with Gasteiger partial charge in [-0.2, -0.15) is 0 Å². The van der Waals surface area contributed by atoms with Crippen molar-refractivity contribution in [2.75, 3.05) is 39.5 Å². The van der Waals surface area contributed by atoms with E-state index in [1.807, 2.05) is 30.3 Å². The average Bonchev–Trinajstić information content (AvgIpc) is 2.87. The molecule has 0 aliphatic carbocycles. The normalized spacial score (nSPS) is 16.3. The van der Waals surface area contributed by atoms with Crippen molar-refractivity contribution in [3.8, 4) is 0 Å². The minimum absolute atomic E-state index is 0.0755. The maximum absolute atomic E-state index is 13.7. The molecule has 1 saturated heterocycles. The van der Waals surface area contributed by atoms with Gasteiger partial charge in [0.25, 0.3) is 5.91 Å². The number of aliphatic hydroxyl groups is 1. The second kappa shape index (κ2) is 16.1. The highest BCUT2D eigenvalue weighted by Crippen LogP contribution is 2.30. The molecule has 2 atom stereocenters. The van der Waals surface area contributed by atoms with E-state index in [1.165, 1.54) is 0 Å². The third kappa shape index (κ3) is 10.1. The molecule has 0 saturated carbocycles. The summed E-state index contributed by atoms with van der Waals surface area (Å²) in [6.07, 6.45) is 0.926. The molecule has 2 aromatic rings. The van der Waals surface area contributed by atoms with Crippen LogP contribution >= 0.6 is 43.5 Å². The van der Waals surface area contributed by atoms with E-state index in [4.69, 9.17) is 20.9 Å². The maximum Gasteiger partial charge on any atom is 0.480 e. The van der Waals surface area contributed by atoms with Gasteiger partial charge in [0.2, 0.25) is 5.91 Å². The number of nitrogens with zero attached hydrogens (tertiary/aromatic N) is 1. The van der Waals surface area contributed by atoms with Crippen LogP contribution in [0.4, 0.5) is 0 Å². The van der Waals surface area contributed by atoms with Crippen molar-refractivity contribution >= 4 is 62.4 Å². The first-order valence-electron chi connectivity index (χ1n) is 13.0. The van der Waals surface area contributed by atoms with Crippen LogP contribution in [0.5, 0.6) is 0 Å². The average molecular weight is 688 g/mol. The Balaban J connectivity index is 1.79. The van der Waals surface area contributed by atoms with Gasteiger partial charge in [-0.15, -0.1) is 0 Å². The monoisotopic (exact) mass is 685 g/mol. The van der Waals surface area contributed by atoms with Crippen LogP contribution in [0.1, 0.15) is 36.2 Å². The molecule has 39 heavy (non-hydrogen) atoms. The van der Waals surface area contributed by atoms with Crippen molar-refractivity contribution in [3.63, 3.8) is 0 Å². The molecular weight excluding hydrogens is 652 g/mol. The van der Waals surface area contributed by atoms with Crippen molar-refractivity contribution in [2.24, 2.45) is 5.92 Å². The van der Waals surface area contributed by atoms with Crippen molar-refractivity contribution in [2.45, 2.75) is 38.7 Å². The second-order valence-electron chi connectivity index (χ2n) is 9.88. The zero-order valence-electron chi connectivity index (χ0n) is 22.2. The number of carbonyl (C=O) groups excluding carboxylic acids is 2. The maximum atomic E-state index is 13.7. The van der Waals surface area contributed by atoms with Crippen molar-refractivity contribution in [3.05, 3.63) is 67.6 Å². The Morgan fingerprint density at radius 1 is 1.10 bits per heavy atom. The number of amides is 2. The molecule has 1 heterocycles. The Morgan fingerprint density at radius 3 is 2.38 bits per heavy atom. The number of halogens is 3. The number of rotatable bonds is 11. The van der Waals surface area contributed by atoms with Crippen LogP contribution in [0, 0.1) is 5.92 Å². The molecule has 1 aliphatic heterocycles. The zero-order chi connectivity index (χ0) is 28.4. The lowest BCUT2D eigenvalue weighted by molar-refractivity contribution is -0.123. The Labute approximate surface area is 252 Å². The fourth-order valence-electron chi connectivity index (χ4n) is 4.40. The van der Waals surface area contributed by atoms with E-state index in [0.29, 0.717) is 54.6 Å². The molecule has 0 aromatic heterocycles. The third-order valence-electron chi connectivity index (χ3n) is 6.32. The van der Waals surface area contributed by atoms with Gasteiger partial charge in [-0.1, -0.05) is 71.7 Å². The van der Waals surface area contributed by atoms with Crippen LogP contribution in [0.3, 0.4) is 0 Å². The van der Waals surface area contributed by atoms with E-state index in [-0.39, 0.29) is 29.0 Å². The summed E-state index contributed by atoms with van der Waals surface area (Å²) >= 11 is 13.2. The van der Waals surface area contributed by atoms with Gasteiger partial charge in [0.15, 0.2) is 0 Å². The van der Waals surface area contributed by atoms with Crippen molar-refractivity contribution in [1.82, 2.24) is 15.5 Å². The van der Waals surface area contributed by atoms with Crippen LogP contribution in [0.2, 0.25) is 5.02 Å². The largest absolute Gasteiger partial charge is 0.480 e. The van der Waals surface area contributed by atoms with Crippen LogP contribution in [-0.2, 0) is 20.5 Å². The van der Waals surface area contributed by atoms with Gasteiger partial charge in [-0.25, -0.2) is 0 Å². The fourth-order valence-corrected chi connectivity index (χ4v) is 5.82. The molecule has 8 nitrogen and oxygen atoms in total. The second-order valence-corrected chi connectivity index (χ2v) is 12.0. The van der Waals surface area contributed by atoms with Crippen LogP contribution in [0.25, 0.3) is 0 Å². The molecule has 0 radical (unpaired) electrons. The van der Waals surface area contributed by atoms with E-state index >= 15 is 0 Å². The Kier molecular flexibility index (Phi) is 13.2. The molecule has 2 aromatic carbocycles. The van der Waals surface area contributed by atoms with Gasteiger partial charge in [0.1, 0.15) is 6.04 Å². The molecule has 212 valence electrons. The smallest absolute Gasteiger partial charge is 0.408 e. The minimum Gasteiger partial charge on any atom is -0.408 e. The lowest BCUT2D eigenvalue weighted by Crippen LogP contribution is -2.57. The Morgan fingerprint density at radius 2 is 1.77 bits per heavy atom. The summed E-state index contributed by atoms with van der Waals surface area (Å²) in [7, 11) is -0.629. The van der Waals surface area contributed by atoms with Crippen molar-refractivity contribution < 1.29 is 24.0 Å². The summed E-state index contributed by atoms with van der Waals surface area (Å²) in [5, 5.41) is 15.5. The molecule has 0 spiro atoms. The van der Waals surface area contributed by atoms with Crippen molar-refractivity contribution in [1.29, 1.82) is 0 Å². The van der Waals surface area contributed by atoms with Gasteiger partial charge in [0, 0.05) is 48.2 Å². The van der Waals surface area contributed by atoms with E-state index < -0.39 is 25.0 Å². The quantitative estimate of drug-likeness (QED) is 0.243. The van der Waals surface area contributed by atoms with E-state index in [0.717, 1.165) is 5.56 Å². The summed E-state index contributed by atoms with van der Waals surface area (Å²) < 4.78 is 13.3. The highest BCUT2D eigenvalue weighted by Gasteiger charge is 2.35. The number of hydrogen-bond donors (Lipinski definition) is 3. The molecule has 3 N–H and O–H groups in total. The number of benzene rings is 2. The predicted molar refractivity (Wildman–Crippen MR) is 161 cm³/mol. The van der Waals surface area contributed by atoms with E-state index in [9.17, 15) is 14.7 Å². The first kappa shape index (κ1) is 32.1. The standard InChI is InChI=1S/C27H35BBr2ClN3O5/c1-18(2)14-24(28-38-12-9-34(8-11-35)10-13-39-28)33-27(37)23(15-19-6-4-3-5-7-19)32-26(36)21-16-20(29)17-22(30)25(21)31/h3-7,16-18,23-24,35H,8-15H2,1-2H3,(H,32,36)(H,33,37)/t23?,24-/m0/s1. The van der Waals surface area contributed by atoms with Gasteiger partial charge in [-0.3, -0.25) is 14.5 Å². The fraction of sp³-hybridized carbons (Fsp3) is 0.481. The molecule has 0 bridgehead atoms. The summed E-state index contributed by atoms with van der Waals surface area (Å²) in [4.78, 5) is 29.1. The van der Waals surface area contributed by atoms with Crippen LogP contribution < -0.4 is 10.6 Å². The SMILES string of the molecule is CC(C)C[C@H](NC(=O)C(Cc1ccccc1)NC(=O)c1cc(Br)cc(Br)c1Cl)B1OCCN(CCO)CCO1. The van der Waals surface area contributed by atoms with E-state index in [2.05, 4.69) is 61.2 Å². The first-order valence-corrected chi connectivity index (χ1v) is 15.0. The number of aliphatic hydroxyl groups excluding tert-OH is 1. The van der Waals surface area contributed by atoms with Gasteiger partial charge in [-0.05, 0) is 46.0 Å². The van der Waals surface area contributed by atoms with Gasteiger partial charge in [0.05, 0.1) is 23.1 Å². The number of β-amino-alcohol motifs (C(OH)–C–C–N with tert-alkyl or cyclic N) is 1. The topological polar surface area (TPSA) is 100 Å². The molecule has 3 rings (SSSR count). The Hall–Kier alpha value is -1.47. The number of carbonyl (C=O) groups is 2. The van der Waals surface area contributed by atoms with Crippen LogP contribution in [0.15, 0.2) is 51.4 Å². The minimum atomic E-state index is -0.864. The van der Waals surface area contributed by atoms with E-state index in [1.54, 1.807) is 12.1 Å². The van der Waals surface area contributed by atoms with Crippen LogP contribution in [-0.4, -0.2) is 80.4 Å². The first-order chi connectivity index (χ1) is 18.7. The summed E-state index contributed by atoms with van der Waals surface area (Å²) in [5.41, 5.74) is 1.16. The zero-order valence-corrected chi connectivity index (χ0v) is 26.1. The molecule has 1 aliphatic rings. The molecule has 2 amide bonds. The van der Waals surface area contributed by atoms with Gasteiger partial charge < -0.3 is 25.0 Å². The Bertz CT molecular complexity index is 1090. The third-order valence-corrected chi connectivity index (χ3v) is 8.04. The lowest BCUT2D eigenvalue weighted by Gasteiger charge is -2.31. The molecule has 1 unspecified atom stereocenters. The lowest BCUT2D eigenvalue weighted by atomic mass is 9.73. The number of nitrogens with one attached hydrogen (secondary N) is 2.